The molecule has 0 rings (SSSR count). The van der Waals surface area contributed by atoms with Crippen molar-refractivity contribution in [2.24, 2.45) is 5.92 Å². The molecule has 0 nitrogen and oxygen atoms in total. The van der Waals surface area contributed by atoms with Crippen molar-refractivity contribution >= 4 is 23.5 Å². The van der Waals surface area contributed by atoms with Crippen LogP contribution < -0.4 is 0 Å². The second kappa shape index (κ2) is 12.0. The average Bonchev–Trinajstić information content (AvgIpc) is 2.36. The Kier molecular flexibility index (Phi) is 12.0. The van der Waals surface area contributed by atoms with Crippen molar-refractivity contribution in [1.29, 1.82) is 0 Å². The average molecular weight is 240 g/mol. The van der Waals surface area contributed by atoms with Crippen LogP contribution in [0.25, 0.3) is 0 Å². The molecule has 0 aromatic rings. The van der Waals surface area contributed by atoms with Gasteiger partial charge in [-0.25, -0.2) is 0 Å². The minimum Gasteiger partial charge on any atom is -0.171 e. The standard InChI is InChI=1S/C15H27B3/c1-3-5-7-9-11-13(14(16)15(17)18)12-10-8-6-4-2/h13H,3-12H2,1-2H3. The second-order valence-corrected chi connectivity index (χ2v) is 5.31. The highest BCUT2D eigenvalue weighted by Crippen LogP contribution is 2.24. The third kappa shape index (κ3) is 8.94. The van der Waals surface area contributed by atoms with Gasteiger partial charge >= 0.3 is 0 Å². The highest BCUT2D eigenvalue weighted by Gasteiger charge is 2.10. The lowest BCUT2D eigenvalue weighted by Gasteiger charge is -2.20. The van der Waals surface area contributed by atoms with Crippen molar-refractivity contribution in [2.45, 2.75) is 78.1 Å². The van der Waals surface area contributed by atoms with Gasteiger partial charge in [-0.2, -0.15) is 5.37 Å². The van der Waals surface area contributed by atoms with E-state index in [0.717, 1.165) is 18.3 Å². The van der Waals surface area contributed by atoms with E-state index in [1.54, 1.807) is 0 Å². The van der Waals surface area contributed by atoms with E-state index >= 15 is 0 Å². The molecule has 0 aromatic heterocycles. The van der Waals surface area contributed by atoms with Crippen LogP contribution in [0.15, 0.2) is 10.8 Å². The van der Waals surface area contributed by atoms with E-state index in [4.69, 9.17) is 23.5 Å². The molecule has 96 valence electrons. The van der Waals surface area contributed by atoms with E-state index in [-0.39, 0.29) is 0 Å². The Labute approximate surface area is 119 Å². The van der Waals surface area contributed by atoms with Crippen LogP contribution in [-0.2, 0) is 0 Å². The van der Waals surface area contributed by atoms with Crippen molar-refractivity contribution in [3.8, 4) is 0 Å². The second-order valence-electron chi connectivity index (χ2n) is 5.31. The smallest absolute Gasteiger partial charge is 0.105 e. The van der Waals surface area contributed by atoms with Crippen LogP contribution in [0.3, 0.4) is 0 Å². The summed E-state index contributed by atoms with van der Waals surface area (Å²) in [7, 11) is 17.3. The Morgan fingerprint density at radius 3 is 1.50 bits per heavy atom. The largest absolute Gasteiger partial charge is 0.171 e. The fourth-order valence-electron chi connectivity index (χ4n) is 2.33. The zero-order chi connectivity index (χ0) is 13.8. The van der Waals surface area contributed by atoms with Gasteiger partial charge in [-0.3, -0.25) is 0 Å². The molecule has 0 amide bonds. The third-order valence-corrected chi connectivity index (χ3v) is 3.59. The van der Waals surface area contributed by atoms with Gasteiger partial charge in [-0.1, -0.05) is 65.2 Å². The highest BCUT2D eigenvalue weighted by molar-refractivity contribution is 6.51. The fraction of sp³-hybridized carbons (Fsp3) is 0.867. The van der Waals surface area contributed by atoms with E-state index in [1.807, 2.05) is 0 Å². The Hall–Kier alpha value is -0.0652. The Bertz CT molecular complexity index is 208. The van der Waals surface area contributed by atoms with E-state index in [1.165, 1.54) is 51.4 Å². The molecule has 0 atom stereocenters. The van der Waals surface area contributed by atoms with Crippen LogP contribution in [-0.4, -0.2) is 23.5 Å². The molecule has 0 unspecified atom stereocenters. The van der Waals surface area contributed by atoms with Crippen LogP contribution >= 0.6 is 0 Å². The lowest BCUT2D eigenvalue weighted by Crippen LogP contribution is -2.08. The third-order valence-electron chi connectivity index (χ3n) is 3.59. The van der Waals surface area contributed by atoms with Crippen molar-refractivity contribution < 1.29 is 0 Å². The van der Waals surface area contributed by atoms with Gasteiger partial charge in [0.05, 0.1) is 15.7 Å². The Morgan fingerprint density at radius 2 is 1.17 bits per heavy atom. The summed E-state index contributed by atoms with van der Waals surface area (Å²) in [5.74, 6) is 0.392. The van der Waals surface area contributed by atoms with E-state index in [9.17, 15) is 0 Å². The van der Waals surface area contributed by atoms with E-state index < -0.39 is 0 Å². The minimum absolute atomic E-state index is 0.325. The summed E-state index contributed by atoms with van der Waals surface area (Å²) in [5, 5.41) is 0.325. The van der Waals surface area contributed by atoms with Crippen molar-refractivity contribution in [2.75, 3.05) is 0 Å². The molecule has 0 saturated heterocycles. The molecule has 0 bridgehead atoms. The predicted molar refractivity (Wildman–Crippen MR) is 85.3 cm³/mol. The quantitative estimate of drug-likeness (QED) is 0.374. The van der Waals surface area contributed by atoms with Gasteiger partial charge in [-0.05, 0) is 18.8 Å². The van der Waals surface area contributed by atoms with Gasteiger partial charge in [0.25, 0.3) is 0 Å². The number of hydrogen-bond acceptors (Lipinski definition) is 0. The molecular formula is C15H27B3. The molecule has 0 aromatic carbocycles. The summed E-state index contributed by atoms with van der Waals surface area (Å²) in [6, 6.07) is 0. The zero-order valence-corrected chi connectivity index (χ0v) is 12.4. The van der Waals surface area contributed by atoms with Gasteiger partial charge in [0.1, 0.15) is 7.85 Å². The van der Waals surface area contributed by atoms with Crippen LogP contribution in [0.2, 0.25) is 0 Å². The normalized spacial score (nSPS) is 10.8. The van der Waals surface area contributed by atoms with Gasteiger partial charge < -0.3 is 0 Å². The number of unbranched alkanes of at least 4 members (excludes halogenated alkanes) is 6. The summed E-state index contributed by atoms with van der Waals surface area (Å²) in [5.41, 5.74) is 0.725. The molecule has 3 heteroatoms. The lowest BCUT2D eigenvalue weighted by molar-refractivity contribution is 0.467. The Balaban J connectivity index is 4.05. The summed E-state index contributed by atoms with van der Waals surface area (Å²) >= 11 is 0. The molecule has 0 spiro atoms. The van der Waals surface area contributed by atoms with Crippen molar-refractivity contribution in [3.05, 3.63) is 10.8 Å². The summed E-state index contributed by atoms with van der Waals surface area (Å²) in [6.07, 6.45) is 12.5. The molecule has 0 aliphatic heterocycles. The predicted octanol–water partition coefficient (Wildman–Crippen LogP) is 4.22. The van der Waals surface area contributed by atoms with Crippen LogP contribution in [0.1, 0.15) is 78.1 Å². The maximum atomic E-state index is 6.02. The SMILES string of the molecule is [B]C([B])=C([B])C(CCCCCC)CCCCCC. The first-order valence-electron chi connectivity index (χ1n) is 7.64. The van der Waals surface area contributed by atoms with E-state index in [0.29, 0.717) is 11.3 Å². The molecule has 6 radical (unpaired) electrons. The first-order chi connectivity index (χ1) is 8.63. The first-order valence-corrected chi connectivity index (χ1v) is 7.64. The van der Waals surface area contributed by atoms with Crippen LogP contribution in [0.5, 0.6) is 0 Å². The monoisotopic (exact) mass is 240 g/mol. The molecule has 0 fully saturated rings. The van der Waals surface area contributed by atoms with Crippen molar-refractivity contribution in [3.63, 3.8) is 0 Å². The fourth-order valence-corrected chi connectivity index (χ4v) is 2.33. The number of allylic oxidation sites excluding steroid dienone is 1. The summed E-state index contributed by atoms with van der Waals surface area (Å²) < 4.78 is 0. The number of hydrogen-bond donors (Lipinski definition) is 0. The summed E-state index contributed by atoms with van der Waals surface area (Å²) in [6.45, 7) is 4.46. The van der Waals surface area contributed by atoms with Gasteiger partial charge in [0, 0.05) is 0 Å². The topological polar surface area (TPSA) is 0 Å². The molecule has 0 heterocycles. The highest BCUT2D eigenvalue weighted by atomic mass is 14.1. The zero-order valence-electron chi connectivity index (χ0n) is 12.4. The van der Waals surface area contributed by atoms with Crippen molar-refractivity contribution in [1.82, 2.24) is 0 Å². The lowest BCUT2D eigenvalue weighted by atomic mass is 9.64. The number of rotatable bonds is 11. The molecule has 0 aliphatic carbocycles. The molecule has 0 saturated carbocycles. The maximum absolute atomic E-state index is 6.02. The molecule has 0 N–H and O–H groups in total. The maximum Gasteiger partial charge on any atom is 0.105 e. The first kappa shape index (κ1) is 17.9. The minimum atomic E-state index is 0.325. The van der Waals surface area contributed by atoms with Crippen LogP contribution in [0, 0.1) is 5.92 Å². The van der Waals surface area contributed by atoms with E-state index in [2.05, 4.69) is 13.8 Å². The molecular weight excluding hydrogens is 213 g/mol. The Morgan fingerprint density at radius 1 is 0.722 bits per heavy atom. The van der Waals surface area contributed by atoms with Gasteiger partial charge in [-0.15, -0.1) is 5.47 Å². The summed E-state index contributed by atoms with van der Waals surface area (Å²) in [4.78, 5) is 0. The van der Waals surface area contributed by atoms with Gasteiger partial charge in [0.2, 0.25) is 0 Å². The molecule has 0 aliphatic rings. The van der Waals surface area contributed by atoms with Gasteiger partial charge in [0.15, 0.2) is 0 Å². The molecule has 18 heavy (non-hydrogen) atoms. The van der Waals surface area contributed by atoms with Crippen LogP contribution in [0.4, 0.5) is 0 Å².